The van der Waals surface area contributed by atoms with Gasteiger partial charge >= 0.3 is 0 Å². The fourth-order valence-electron chi connectivity index (χ4n) is 6.66. The van der Waals surface area contributed by atoms with E-state index in [0.717, 1.165) is 55.7 Å². The second-order valence-electron chi connectivity index (χ2n) is 12.7. The molecule has 1 saturated carbocycles. The molecule has 0 aliphatic heterocycles. The Hall–Kier alpha value is -3.90. The fraction of sp³-hybridized carbons (Fsp3) is 0.455. The van der Waals surface area contributed by atoms with Crippen LogP contribution < -0.4 is 15.6 Å². The first-order valence-corrected chi connectivity index (χ1v) is 17.2. The Bertz CT molecular complexity index is 1890. The highest BCUT2D eigenvalue weighted by Gasteiger charge is 2.32. The molecule has 2 aliphatic rings. The van der Waals surface area contributed by atoms with E-state index in [2.05, 4.69) is 44.0 Å². The Morgan fingerprint density at radius 2 is 1.78 bits per heavy atom. The van der Waals surface area contributed by atoms with Gasteiger partial charge in [0.1, 0.15) is 22.3 Å². The van der Waals surface area contributed by atoms with Gasteiger partial charge in [-0.05, 0) is 96.1 Å². The highest BCUT2D eigenvalue weighted by molar-refractivity contribution is 7.93. The fourth-order valence-corrected chi connectivity index (χ4v) is 8.31. The van der Waals surface area contributed by atoms with Crippen LogP contribution in [-0.4, -0.2) is 59.0 Å². The Morgan fingerprint density at radius 1 is 1.02 bits per heavy atom. The van der Waals surface area contributed by atoms with Crippen molar-refractivity contribution in [1.29, 1.82) is 0 Å². The van der Waals surface area contributed by atoms with Gasteiger partial charge in [0, 0.05) is 23.7 Å². The van der Waals surface area contributed by atoms with Crippen LogP contribution in [0.25, 0.3) is 22.4 Å². The van der Waals surface area contributed by atoms with Crippen molar-refractivity contribution in [3.8, 4) is 11.3 Å². The molecule has 0 bridgehead atoms. The van der Waals surface area contributed by atoms with E-state index in [9.17, 15) is 13.2 Å². The molecule has 2 N–H and O–H groups in total. The average molecular weight is 634 g/mol. The smallest absolute Gasteiger partial charge is 0.278 e. The first-order chi connectivity index (χ1) is 21.5. The van der Waals surface area contributed by atoms with Gasteiger partial charge in [-0.25, -0.2) is 22.8 Å². The summed E-state index contributed by atoms with van der Waals surface area (Å²) >= 11 is 0. The minimum Gasteiger partial charge on any atom is -0.351 e. The number of nitrogens with one attached hydrogen (secondary N) is 2. The van der Waals surface area contributed by atoms with Gasteiger partial charge in [0.05, 0.1) is 11.9 Å². The van der Waals surface area contributed by atoms with Gasteiger partial charge in [-0.1, -0.05) is 30.3 Å². The van der Waals surface area contributed by atoms with Crippen molar-refractivity contribution in [3.63, 3.8) is 0 Å². The number of nitrogens with zero attached hydrogens (tertiary/aromatic N) is 5. The number of aryl methyl sites for hydroxylation is 1. The highest BCUT2D eigenvalue weighted by Crippen LogP contribution is 2.37. The SMILES string of the molecule is CC(C)n1c(=O)c(-c2ccc(NS(=O)(=O)C3CCCc4ccccc43)c(F)c2)nc2cnc(N[C@H]3CC[C@H](N(C)C)CC3)nc21. The van der Waals surface area contributed by atoms with Gasteiger partial charge in [0.25, 0.3) is 5.56 Å². The molecule has 1 fully saturated rings. The second kappa shape index (κ2) is 12.5. The van der Waals surface area contributed by atoms with Crippen LogP contribution in [0.3, 0.4) is 0 Å². The number of anilines is 2. The molecule has 12 heteroatoms. The molecular weight excluding hydrogens is 593 g/mol. The van der Waals surface area contributed by atoms with Crippen molar-refractivity contribution < 1.29 is 12.8 Å². The third-order valence-electron chi connectivity index (χ3n) is 9.09. The van der Waals surface area contributed by atoms with E-state index in [-0.39, 0.29) is 29.0 Å². The van der Waals surface area contributed by atoms with Crippen LogP contribution in [0.5, 0.6) is 0 Å². The molecule has 0 saturated heterocycles. The van der Waals surface area contributed by atoms with Crippen LogP contribution in [0, 0.1) is 5.82 Å². The minimum absolute atomic E-state index is 0.0389. The Kier molecular flexibility index (Phi) is 8.62. The van der Waals surface area contributed by atoms with Gasteiger partial charge in [0.2, 0.25) is 16.0 Å². The molecule has 238 valence electrons. The number of benzene rings is 2. The third kappa shape index (κ3) is 6.30. The first-order valence-electron chi connectivity index (χ1n) is 15.6. The summed E-state index contributed by atoms with van der Waals surface area (Å²) in [4.78, 5) is 29.8. The van der Waals surface area contributed by atoms with E-state index < -0.39 is 26.6 Å². The summed E-state index contributed by atoms with van der Waals surface area (Å²) in [6, 6.07) is 12.0. The molecule has 2 aliphatic carbocycles. The molecule has 10 nitrogen and oxygen atoms in total. The molecule has 0 spiro atoms. The summed E-state index contributed by atoms with van der Waals surface area (Å²) in [5, 5.41) is 2.67. The maximum absolute atomic E-state index is 15.5. The predicted octanol–water partition coefficient (Wildman–Crippen LogP) is 5.68. The van der Waals surface area contributed by atoms with Crippen molar-refractivity contribution >= 4 is 32.8 Å². The number of fused-ring (bicyclic) bond motifs is 2. The number of aromatic nitrogens is 4. The molecule has 0 radical (unpaired) electrons. The number of hydrogen-bond acceptors (Lipinski definition) is 8. The summed E-state index contributed by atoms with van der Waals surface area (Å²) in [6.07, 6.45) is 7.78. The molecule has 0 amide bonds. The molecule has 2 aromatic carbocycles. The highest BCUT2D eigenvalue weighted by atomic mass is 32.2. The molecular formula is C33H40FN7O3S. The van der Waals surface area contributed by atoms with Gasteiger partial charge in [-0.2, -0.15) is 4.98 Å². The van der Waals surface area contributed by atoms with Gasteiger partial charge < -0.3 is 10.2 Å². The van der Waals surface area contributed by atoms with Crippen molar-refractivity contribution in [3.05, 3.63) is 76.0 Å². The molecule has 2 aromatic heterocycles. The summed E-state index contributed by atoms with van der Waals surface area (Å²) in [5.41, 5.74) is 2.23. The minimum atomic E-state index is -3.92. The number of rotatable bonds is 8. The van der Waals surface area contributed by atoms with E-state index in [1.807, 2.05) is 38.1 Å². The van der Waals surface area contributed by atoms with Crippen LogP contribution in [0.2, 0.25) is 0 Å². The monoisotopic (exact) mass is 633 g/mol. The lowest BCUT2D eigenvalue weighted by molar-refractivity contribution is 0.221. The predicted molar refractivity (Wildman–Crippen MR) is 175 cm³/mol. The van der Waals surface area contributed by atoms with Crippen LogP contribution in [0.4, 0.5) is 16.0 Å². The van der Waals surface area contributed by atoms with Crippen molar-refractivity contribution in [2.45, 2.75) is 82.2 Å². The lowest BCUT2D eigenvalue weighted by Gasteiger charge is -2.32. The summed E-state index contributed by atoms with van der Waals surface area (Å²) in [7, 11) is 0.297. The lowest BCUT2D eigenvalue weighted by Crippen LogP contribution is -2.36. The molecule has 1 unspecified atom stereocenters. The Balaban J connectivity index is 1.27. The van der Waals surface area contributed by atoms with Gasteiger partial charge in [-0.3, -0.25) is 14.1 Å². The van der Waals surface area contributed by atoms with Crippen molar-refractivity contribution in [2.24, 2.45) is 0 Å². The zero-order valence-electron chi connectivity index (χ0n) is 26.1. The molecule has 4 aromatic rings. The van der Waals surface area contributed by atoms with Crippen LogP contribution in [0.15, 0.2) is 53.5 Å². The maximum atomic E-state index is 15.5. The van der Waals surface area contributed by atoms with Crippen LogP contribution in [0.1, 0.15) is 74.8 Å². The van der Waals surface area contributed by atoms with Gasteiger partial charge in [0.15, 0.2) is 5.65 Å². The number of hydrogen-bond donors (Lipinski definition) is 2. The van der Waals surface area contributed by atoms with E-state index in [0.29, 0.717) is 29.6 Å². The maximum Gasteiger partial charge on any atom is 0.278 e. The second-order valence-corrected chi connectivity index (χ2v) is 14.5. The molecule has 6 rings (SSSR count). The quantitative estimate of drug-likeness (QED) is 0.254. The summed E-state index contributed by atoms with van der Waals surface area (Å²) < 4.78 is 46.2. The lowest BCUT2D eigenvalue weighted by atomic mass is 9.91. The average Bonchev–Trinajstić information content (AvgIpc) is 3.01. The van der Waals surface area contributed by atoms with Crippen molar-refractivity contribution in [1.82, 2.24) is 24.4 Å². The van der Waals surface area contributed by atoms with E-state index >= 15 is 4.39 Å². The third-order valence-corrected chi connectivity index (χ3v) is 10.8. The van der Waals surface area contributed by atoms with E-state index in [1.54, 1.807) is 10.8 Å². The molecule has 1 atom stereocenters. The topological polar surface area (TPSA) is 122 Å². The van der Waals surface area contributed by atoms with E-state index in [4.69, 9.17) is 0 Å². The number of halogens is 1. The first kappa shape index (κ1) is 31.1. The Labute approximate surface area is 263 Å². The molecule has 2 heterocycles. The van der Waals surface area contributed by atoms with Crippen LogP contribution in [-0.2, 0) is 16.4 Å². The largest absolute Gasteiger partial charge is 0.351 e. The van der Waals surface area contributed by atoms with E-state index in [1.165, 1.54) is 12.1 Å². The normalized spacial score (nSPS) is 20.4. The Morgan fingerprint density at radius 3 is 2.49 bits per heavy atom. The zero-order valence-corrected chi connectivity index (χ0v) is 26.9. The van der Waals surface area contributed by atoms with Crippen LogP contribution >= 0.6 is 0 Å². The van der Waals surface area contributed by atoms with Gasteiger partial charge in [-0.15, -0.1) is 0 Å². The zero-order chi connectivity index (χ0) is 31.9. The standard InChI is InChI=1S/C33H40FN7O3S/c1-20(2)41-31-28(19-35-33(38-31)36-23-13-15-24(16-14-23)40(3)4)37-30(32(41)42)22-12-17-27(26(34)18-22)39-45(43,44)29-11-7-9-21-8-5-6-10-25(21)29/h5-6,8,10,12,17-20,23-24,29,39H,7,9,11,13-16H2,1-4H3,(H,35,36,38)/t23-,24-,29?. The summed E-state index contributed by atoms with van der Waals surface area (Å²) in [5.74, 6) is -0.347. The van der Waals surface area contributed by atoms with Crippen molar-refractivity contribution in [2.75, 3.05) is 24.1 Å². The molecule has 45 heavy (non-hydrogen) atoms. The number of sulfonamides is 1. The summed E-state index contributed by atoms with van der Waals surface area (Å²) in [6.45, 7) is 3.76.